The Morgan fingerprint density at radius 3 is 2.43 bits per heavy atom. The van der Waals surface area contributed by atoms with Gasteiger partial charge in [0.1, 0.15) is 6.04 Å². The topological polar surface area (TPSA) is 83.9 Å². The summed E-state index contributed by atoms with van der Waals surface area (Å²) in [4.78, 5) is 36.9. The maximum Gasteiger partial charge on any atom is 0.326 e. The zero-order valence-corrected chi connectivity index (χ0v) is 13.5. The number of rotatable bonds is 4. The highest BCUT2D eigenvalue weighted by Gasteiger charge is 2.54. The Morgan fingerprint density at radius 2 is 1.95 bits per heavy atom. The van der Waals surface area contributed by atoms with E-state index in [4.69, 9.17) is 4.74 Å². The summed E-state index contributed by atoms with van der Waals surface area (Å²) >= 11 is 3.26. The van der Waals surface area contributed by atoms with Crippen LogP contribution in [0.1, 0.15) is 39.0 Å². The van der Waals surface area contributed by atoms with E-state index >= 15 is 0 Å². The summed E-state index contributed by atoms with van der Waals surface area (Å²) in [5, 5.41) is 9.83. The molecule has 2 fully saturated rings. The van der Waals surface area contributed by atoms with Crippen molar-refractivity contribution in [2.45, 2.75) is 57.2 Å². The smallest absolute Gasteiger partial charge is 0.326 e. The molecule has 0 aromatic heterocycles. The van der Waals surface area contributed by atoms with Crippen molar-refractivity contribution in [2.75, 3.05) is 5.33 Å². The number of esters is 1. The zero-order valence-electron chi connectivity index (χ0n) is 12.0. The van der Waals surface area contributed by atoms with E-state index in [-0.39, 0.29) is 11.9 Å². The van der Waals surface area contributed by atoms with Crippen molar-refractivity contribution in [1.82, 2.24) is 4.90 Å². The van der Waals surface area contributed by atoms with E-state index in [0.29, 0.717) is 5.33 Å². The highest BCUT2D eigenvalue weighted by Crippen LogP contribution is 2.36. The fraction of sp³-hybridized carbons (Fsp3) is 0.786. The molecular weight excluding hydrogens is 342 g/mol. The van der Waals surface area contributed by atoms with Crippen molar-refractivity contribution in [3.63, 3.8) is 0 Å². The molecule has 0 unspecified atom stereocenters. The van der Waals surface area contributed by atoms with Crippen molar-refractivity contribution in [3.8, 4) is 0 Å². The Bertz CT molecular complexity index is 435. The summed E-state index contributed by atoms with van der Waals surface area (Å²) in [6, 6.07) is -0.987. The van der Waals surface area contributed by atoms with Crippen LogP contribution >= 0.6 is 15.9 Å². The summed E-state index contributed by atoms with van der Waals surface area (Å²) in [5.74, 6) is -2.52. The number of hydrogen-bond acceptors (Lipinski definition) is 4. The van der Waals surface area contributed by atoms with Crippen LogP contribution in [0.2, 0.25) is 0 Å². The van der Waals surface area contributed by atoms with Crippen LogP contribution in [-0.4, -0.2) is 51.4 Å². The van der Waals surface area contributed by atoms with Crippen LogP contribution in [0.5, 0.6) is 0 Å². The van der Waals surface area contributed by atoms with Gasteiger partial charge in [-0.2, -0.15) is 0 Å². The van der Waals surface area contributed by atoms with E-state index in [1.54, 1.807) is 0 Å². The van der Waals surface area contributed by atoms with Crippen LogP contribution in [0, 0.1) is 5.92 Å². The lowest BCUT2D eigenvalue weighted by Gasteiger charge is -2.34. The second-order valence-electron chi connectivity index (χ2n) is 5.67. The molecule has 3 atom stereocenters. The Hall–Kier alpha value is -1.11. The van der Waals surface area contributed by atoms with Crippen LogP contribution in [0.3, 0.4) is 0 Å². The third kappa shape index (κ3) is 3.22. The predicted octanol–water partition coefficient (Wildman–Crippen LogP) is 1.56. The van der Waals surface area contributed by atoms with Crippen LogP contribution in [0.25, 0.3) is 0 Å². The van der Waals surface area contributed by atoms with Crippen LogP contribution in [0.4, 0.5) is 0 Å². The van der Waals surface area contributed by atoms with Gasteiger partial charge < -0.3 is 14.7 Å². The number of carboxylic acid groups (broad SMARTS) is 1. The van der Waals surface area contributed by atoms with Crippen LogP contribution in [0.15, 0.2) is 0 Å². The average Bonchev–Trinajstić information content (AvgIpc) is 2.72. The summed E-state index contributed by atoms with van der Waals surface area (Å²) in [6.07, 6.45) is 3.75. The molecule has 1 amide bonds. The minimum atomic E-state index is -1.03. The normalized spacial score (nSPS) is 30.5. The predicted molar refractivity (Wildman–Crippen MR) is 78.0 cm³/mol. The quantitative estimate of drug-likeness (QED) is 0.606. The van der Waals surface area contributed by atoms with Gasteiger partial charge in [-0.15, -0.1) is 0 Å². The molecule has 1 aliphatic carbocycles. The van der Waals surface area contributed by atoms with E-state index in [9.17, 15) is 19.5 Å². The minimum absolute atomic E-state index is 0.0607. The molecule has 7 heteroatoms. The van der Waals surface area contributed by atoms with Gasteiger partial charge in [-0.25, -0.2) is 4.79 Å². The summed E-state index contributed by atoms with van der Waals surface area (Å²) in [7, 11) is 0. The molecule has 1 N–H and O–H groups in total. The third-order valence-corrected chi connectivity index (χ3v) is 5.03. The first-order valence-electron chi connectivity index (χ1n) is 7.25. The van der Waals surface area contributed by atoms with Gasteiger partial charge >= 0.3 is 11.9 Å². The van der Waals surface area contributed by atoms with Crippen LogP contribution < -0.4 is 0 Å². The Balaban J connectivity index is 2.29. The number of likely N-dealkylation sites (tertiary alicyclic amines) is 1. The first-order chi connectivity index (χ1) is 9.97. The number of halogens is 1. The Morgan fingerprint density at radius 1 is 1.33 bits per heavy atom. The third-order valence-electron chi connectivity index (χ3n) is 4.28. The minimum Gasteiger partial charge on any atom is -0.480 e. The monoisotopic (exact) mass is 361 g/mol. The van der Waals surface area contributed by atoms with Gasteiger partial charge in [-0.3, -0.25) is 9.59 Å². The van der Waals surface area contributed by atoms with Gasteiger partial charge in [0.15, 0.2) is 6.10 Å². The number of amides is 1. The summed E-state index contributed by atoms with van der Waals surface area (Å²) < 4.78 is 5.10. The molecule has 1 heterocycles. The molecule has 2 rings (SSSR count). The molecule has 0 radical (unpaired) electrons. The lowest BCUT2D eigenvalue weighted by molar-refractivity contribution is -0.156. The molecule has 1 saturated heterocycles. The second kappa shape index (κ2) is 6.77. The number of nitrogens with zero attached hydrogens (tertiary/aromatic N) is 1. The molecule has 0 spiro atoms. The number of alkyl halides is 1. The van der Waals surface area contributed by atoms with E-state index in [1.807, 2.05) is 0 Å². The highest BCUT2D eigenvalue weighted by molar-refractivity contribution is 9.09. The van der Waals surface area contributed by atoms with Crippen molar-refractivity contribution < 1.29 is 24.2 Å². The van der Waals surface area contributed by atoms with Gasteiger partial charge in [0, 0.05) is 24.2 Å². The highest BCUT2D eigenvalue weighted by atomic mass is 79.9. The lowest BCUT2D eigenvalue weighted by atomic mass is 9.93. The summed E-state index contributed by atoms with van der Waals surface area (Å²) in [5.41, 5.74) is 0. The number of carbonyl (C=O) groups excluding carboxylic acids is 2. The molecular formula is C14H20BrNO5. The summed E-state index contributed by atoms with van der Waals surface area (Å²) in [6.45, 7) is 1.23. The van der Waals surface area contributed by atoms with Crippen molar-refractivity contribution in [1.29, 1.82) is 0 Å². The van der Waals surface area contributed by atoms with Gasteiger partial charge in [-0.1, -0.05) is 35.2 Å². The van der Waals surface area contributed by atoms with Gasteiger partial charge in [-0.05, 0) is 12.8 Å². The molecule has 118 valence electrons. The number of aliphatic carboxylic acids is 1. The fourth-order valence-corrected chi connectivity index (χ4v) is 4.08. The first-order valence-corrected chi connectivity index (χ1v) is 8.37. The molecule has 21 heavy (non-hydrogen) atoms. The SMILES string of the molecule is CC(=O)O[C@@H]1C(=O)N(C2CCCCC2)[C@@H](C(=O)O)[C@@H]1CBr. The molecule has 0 aromatic carbocycles. The Kier molecular flexibility index (Phi) is 5.24. The number of hydrogen-bond donors (Lipinski definition) is 1. The second-order valence-corrected chi connectivity index (χ2v) is 6.32. The van der Waals surface area contributed by atoms with Crippen molar-refractivity contribution >= 4 is 33.8 Å². The molecule has 6 nitrogen and oxygen atoms in total. The maximum absolute atomic E-state index is 12.6. The Labute approximate surface area is 131 Å². The standard InChI is InChI=1S/C14H20BrNO5/c1-8(17)21-12-10(7-15)11(14(19)20)16(13(12)18)9-5-3-2-4-6-9/h9-12H,2-7H2,1H3,(H,19,20)/t10-,11+,12-/m0/s1. The molecule has 0 aromatic rings. The molecule has 2 aliphatic rings. The van der Waals surface area contributed by atoms with E-state index in [0.717, 1.165) is 32.1 Å². The number of ether oxygens (including phenoxy) is 1. The molecule has 0 bridgehead atoms. The number of carbonyl (C=O) groups is 3. The maximum atomic E-state index is 12.6. The lowest BCUT2D eigenvalue weighted by Crippen LogP contribution is -2.48. The van der Waals surface area contributed by atoms with Gasteiger partial charge in [0.2, 0.25) is 0 Å². The van der Waals surface area contributed by atoms with Crippen LogP contribution in [-0.2, 0) is 19.1 Å². The largest absolute Gasteiger partial charge is 0.480 e. The van der Waals surface area contributed by atoms with E-state index < -0.39 is 30.0 Å². The fourth-order valence-electron chi connectivity index (χ4n) is 3.39. The molecule has 1 aliphatic heterocycles. The van der Waals surface area contributed by atoms with E-state index in [2.05, 4.69) is 15.9 Å². The number of carboxylic acids is 1. The van der Waals surface area contributed by atoms with Gasteiger partial charge in [0.05, 0.1) is 0 Å². The van der Waals surface area contributed by atoms with Gasteiger partial charge in [0.25, 0.3) is 5.91 Å². The van der Waals surface area contributed by atoms with E-state index in [1.165, 1.54) is 11.8 Å². The average molecular weight is 362 g/mol. The van der Waals surface area contributed by atoms with Crippen molar-refractivity contribution in [3.05, 3.63) is 0 Å². The zero-order chi connectivity index (χ0) is 15.6. The van der Waals surface area contributed by atoms with Crippen molar-refractivity contribution in [2.24, 2.45) is 5.92 Å². The molecule has 1 saturated carbocycles. The first kappa shape index (κ1) is 16.3.